The van der Waals surface area contributed by atoms with Crippen molar-refractivity contribution in [2.24, 2.45) is 0 Å². The molecule has 0 radical (unpaired) electrons. The van der Waals surface area contributed by atoms with Crippen LogP contribution in [0, 0.1) is 0 Å². The number of likely N-dealkylation sites (tertiary alicyclic amines) is 1. The first kappa shape index (κ1) is 25.2. The number of benzene rings is 2. The number of rotatable bonds is 5. The van der Waals surface area contributed by atoms with Crippen LogP contribution in [-0.4, -0.2) is 48.0 Å². The van der Waals surface area contributed by atoms with Crippen molar-refractivity contribution in [1.82, 2.24) is 19.4 Å². The number of nitrogens with zero attached hydrogens (tertiary/aromatic N) is 4. The Kier molecular flexibility index (Phi) is 6.12. The molecule has 2 unspecified atom stereocenters. The lowest BCUT2D eigenvalue weighted by molar-refractivity contribution is 0.251. The lowest BCUT2D eigenvalue weighted by atomic mass is 9.91. The third kappa shape index (κ3) is 4.65. The highest BCUT2D eigenvalue weighted by atomic mass is 32.2. The number of para-hydroxylation sites is 1. The molecule has 2 atom stereocenters. The molecular weight excluding hydrogens is 524 g/mol. The number of aromatic nitrogens is 3. The second kappa shape index (κ2) is 9.71. The van der Waals surface area contributed by atoms with E-state index in [2.05, 4.69) is 39.1 Å². The number of pyridine rings is 1. The minimum absolute atomic E-state index is 0.148. The molecule has 206 valence electrons. The van der Waals surface area contributed by atoms with Gasteiger partial charge in [0.25, 0.3) is 15.6 Å². The minimum Gasteiger partial charge on any atom is -0.324 e. The molecule has 0 spiro atoms. The predicted molar refractivity (Wildman–Crippen MR) is 157 cm³/mol. The van der Waals surface area contributed by atoms with E-state index >= 15 is 0 Å². The average molecular weight is 557 g/mol. The van der Waals surface area contributed by atoms with Crippen molar-refractivity contribution >= 4 is 38.4 Å². The van der Waals surface area contributed by atoms with Gasteiger partial charge in [0, 0.05) is 35.8 Å². The molecule has 4 heterocycles. The molecule has 2 N–H and O–H groups in total. The Labute approximate surface area is 233 Å². The maximum Gasteiger partial charge on any atom is 0.256 e. The Morgan fingerprint density at radius 1 is 1.02 bits per heavy atom. The maximum atomic E-state index is 13.8. The molecule has 1 aliphatic carbocycles. The van der Waals surface area contributed by atoms with Crippen LogP contribution in [0.1, 0.15) is 59.6 Å². The molecule has 0 bridgehead atoms. The van der Waals surface area contributed by atoms with Gasteiger partial charge in [0.1, 0.15) is 5.65 Å². The molecule has 3 aliphatic rings. The van der Waals surface area contributed by atoms with Crippen molar-refractivity contribution in [2.45, 2.75) is 49.3 Å². The fourth-order valence-electron chi connectivity index (χ4n) is 6.11. The number of nitrogens with one attached hydrogen (secondary N) is 2. The van der Waals surface area contributed by atoms with Crippen LogP contribution in [-0.2, 0) is 16.4 Å². The third-order valence-corrected chi connectivity index (χ3v) is 9.99. The van der Waals surface area contributed by atoms with E-state index in [1.165, 1.54) is 23.0 Å². The number of fused-ring (bicyclic) bond motifs is 2. The van der Waals surface area contributed by atoms with Gasteiger partial charge in [0.05, 0.1) is 5.69 Å². The van der Waals surface area contributed by atoms with Gasteiger partial charge >= 0.3 is 0 Å². The van der Waals surface area contributed by atoms with Crippen LogP contribution in [0.15, 0.2) is 65.6 Å². The van der Waals surface area contributed by atoms with Gasteiger partial charge in [-0.1, -0.05) is 30.3 Å². The summed E-state index contributed by atoms with van der Waals surface area (Å²) in [5.41, 5.74) is 4.19. The third-order valence-electron chi connectivity index (χ3n) is 8.39. The molecule has 0 amide bonds. The fraction of sp³-hybridized carbons (Fsp3) is 0.367. The summed E-state index contributed by atoms with van der Waals surface area (Å²) < 4.78 is 31.0. The molecule has 4 aromatic rings. The van der Waals surface area contributed by atoms with Gasteiger partial charge in [0.2, 0.25) is 5.95 Å². The van der Waals surface area contributed by atoms with Gasteiger partial charge in [-0.15, -0.1) is 0 Å². The monoisotopic (exact) mass is 556 g/mol. The van der Waals surface area contributed by atoms with Gasteiger partial charge < -0.3 is 10.2 Å². The largest absolute Gasteiger partial charge is 0.324 e. The second-order valence-electron chi connectivity index (χ2n) is 11.3. The number of anilines is 3. The van der Waals surface area contributed by atoms with Gasteiger partial charge in [-0.3, -0.25) is 14.1 Å². The molecular formula is C30H32N6O3S. The van der Waals surface area contributed by atoms with Crippen molar-refractivity contribution in [3.8, 4) is 0 Å². The summed E-state index contributed by atoms with van der Waals surface area (Å²) in [4.78, 5) is 25.4. The predicted octanol–water partition coefficient (Wildman–Crippen LogP) is 4.72. The summed E-state index contributed by atoms with van der Waals surface area (Å²) >= 11 is 0. The van der Waals surface area contributed by atoms with Gasteiger partial charge in [0.15, 0.2) is 5.37 Å². The SMILES string of the molecule is CN1CCCC(c2ccc(Nc3ncc4cc(C5CC5)c(=O)n(C5Cc6ccccc6NS5(=O)=O)c4n3)cc2)C1. The van der Waals surface area contributed by atoms with Gasteiger partial charge in [-0.2, -0.15) is 4.98 Å². The van der Waals surface area contributed by atoms with Crippen molar-refractivity contribution in [2.75, 3.05) is 30.2 Å². The molecule has 2 aliphatic heterocycles. The lowest BCUT2D eigenvalue weighted by Crippen LogP contribution is -2.38. The van der Waals surface area contributed by atoms with E-state index in [4.69, 9.17) is 4.98 Å². The summed E-state index contributed by atoms with van der Waals surface area (Å²) in [7, 11) is -1.72. The topological polar surface area (TPSA) is 109 Å². The Morgan fingerprint density at radius 3 is 2.60 bits per heavy atom. The highest BCUT2D eigenvalue weighted by Crippen LogP contribution is 2.40. The van der Waals surface area contributed by atoms with Crippen LogP contribution in [0.4, 0.5) is 17.3 Å². The average Bonchev–Trinajstić information content (AvgIpc) is 3.78. The van der Waals surface area contributed by atoms with E-state index in [0.717, 1.165) is 37.2 Å². The Balaban J connectivity index is 1.26. The number of sulfonamides is 1. The van der Waals surface area contributed by atoms with Crippen molar-refractivity contribution in [1.29, 1.82) is 0 Å². The van der Waals surface area contributed by atoms with Crippen LogP contribution in [0.3, 0.4) is 0 Å². The number of hydrogen-bond acceptors (Lipinski definition) is 7. The molecule has 2 aromatic heterocycles. The maximum absolute atomic E-state index is 13.8. The summed E-state index contributed by atoms with van der Waals surface area (Å²) in [6.07, 6.45) is 6.09. The normalized spacial score (nSPS) is 22.4. The quantitative estimate of drug-likeness (QED) is 0.366. The van der Waals surface area contributed by atoms with Crippen LogP contribution >= 0.6 is 0 Å². The summed E-state index contributed by atoms with van der Waals surface area (Å²) in [6.45, 7) is 2.21. The van der Waals surface area contributed by atoms with Crippen LogP contribution < -0.4 is 15.6 Å². The van der Waals surface area contributed by atoms with Crippen molar-refractivity contribution in [3.05, 3.63) is 87.8 Å². The van der Waals surface area contributed by atoms with E-state index in [-0.39, 0.29) is 17.9 Å². The second-order valence-corrected chi connectivity index (χ2v) is 13.2. The minimum atomic E-state index is -3.89. The molecule has 10 heteroatoms. The smallest absolute Gasteiger partial charge is 0.256 e. The molecule has 40 heavy (non-hydrogen) atoms. The highest BCUT2D eigenvalue weighted by Gasteiger charge is 2.37. The van der Waals surface area contributed by atoms with E-state index in [9.17, 15) is 13.2 Å². The zero-order valence-corrected chi connectivity index (χ0v) is 23.2. The van der Waals surface area contributed by atoms with Crippen LogP contribution in [0.25, 0.3) is 11.0 Å². The van der Waals surface area contributed by atoms with Crippen LogP contribution in [0.5, 0.6) is 0 Å². The molecule has 1 saturated heterocycles. The number of piperidine rings is 1. The van der Waals surface area contributed by atoms with E-state index in [1.807, 2.05) is 30.3 Å². The van der Waals surface area contributed by atoms with Crippen LogP contribution in [0.2, 0.25) is 0 Å². The highest BCUT2D eigenvalue weighted by molar-refractivity contribution is 7.92. The van der Waals surface area contributed by atoms with E-state index in [1.54, 1.807) is 18.3 Å². The van der Waals surface area contributed by atoms with E-state index in [0.29, 0.717) is 34.2 Å². The zero-order valence-electron chi connectivity index (χ0n) is 22.4. The molecule has 7 rings (SSSR count). The molecule has 2 fully saturated rings. The number of likely N-dealkylation sites (N-methyl/N-ethyl adjacent to an activating group) is 1. The summed E-state index contributed by atoms with van der Waals surface area (Å²) in [5, 5.41) is 2.79. The number of hydrogen-bond donors (Lipinski definition) is 2. The first-order valence-electron chi connectivity index (χ1n) is 13.9. The van der Waals surface area contributed by atoms with E-state index < -0.39 is 15.4 Å². The van der Waals surface area contributed by atoms with Crippen molar-refractivity contribution < 1.29 is 8.42 Å². The summed E-state index contributed by atoms with van der Waals surface area (Å²) in [5.74, 6) is 0.984. The van der Waals surface area contributed by atoms with Gasteiger partial charge in [-0.05, 0) is 86.5 Å². The van der Waals surface area contributed by atoms with Gasteiger partial charge in [-0.25, -0.2) is 13.4 Å². The Hall–Kier alpha value is -3.76. The van der Waals surface area contributed by atoms with Crippen molar-refractivity contribution in [3.63, 3.8) is 0 Å². The molecule has 2 aromatic carbocycles. The summed E-state index contributed by atoms with van der Waals surface area (Å²) in [6, 6.07) is 17.5. The first-order chi connectivity index (χ1) is 19.4. The Morgan fingerprint density at radius 2 is 1.82 bits per heavy atom. The molecule has 1 saturated carbocycles. The standard InChI is InChI=1S/C30H32N6O3S/c1-35-14-4-6-22(18-35)19-10-12-24(13-11-19)32-30-31-17-23-15-25(20-8-9-20)29(37)36(28(23)33-30)27-16-21-5-2-3-7-26(21)34-40(27,38)39/h2-3,5,7,10-13,15,17,20,22,27,34H,4,6,8-9,14,16,18H2,1H3,(H,31,32,33). The first-order valence-corrected chi connectivity index (χ1v) is 15.5. The Bertz CT molecular complexity index is 1770. The fourth-order valence-corrected chi connectivity index (χ4v) is 7.62. The lowest BCUT2D eigenvalue weighted by Gasteiger charge is -2.30. The zero-order chi connectivity index (χ0) is 27.4. The molecule has 9 nitrogen and oxygen atoms in total.